The fraction of sp³-hybridized carbons (Fsp3) is 0.240. The van der Waals surface area contributed by atoms with Crippen molar-refractivity contribution < 1.29 is 13.9 Å². The summed E-state index contributed by atoms with van der Waals surface area (Å²) >= 11 is 5.36. The van der Waals surface area contributed by atoms with Crippen LogP contribution in [0.3, 0.4) is 0 Å². The summed E-state index contributed by atoms with van der Waals surface area (Å²) in [5, 5.41) is 10.9. The Morgan fingerprint density at radius 2 is 1.79 bits per heavy atom. The number of amides is 1. The van der Waals surface area contributed by atoms with Crippen LogP contribution in [0.1, 0.15) is 47.2 Å². The molecule has 1 heterocycles. The minimum Gasteiger partial charge on any atom is -0.494 e. The van der Waals surface area contributed by atoms with E-state index in [2.05, 4.69) is 21.2 Å². The number of benzene rings is 2. The van der Waals surface area contributed by atoms with Gasteiger partial charge in [0.15, 0.2) is 10.9 Å². The summed E-state index contributed by atoms with van der Waals surface area (Å²) in [4.78, 5) is 12.9. The van der Waals surface area contributed by atoms with Crippen LogP contribution in [0.5, 0.6) is 5.75 Å². The molecule has 0 aliphatic heterocycles. The lowest BCUT2D eigenvalue weighted by molar-refractivity contribution is 0.0994. The Labute approximate surface area is 198 Å². The molecule has 0 saturated carbocycles. The van der Waals surface area contributed by atoms with Gasteiger partial charge in [-0.25, -0.2) is 0 Å². The minimum atomic E-state index is -0.292. The summed E-state index contributed by atoms with van der Waals surface area (Å²) in [6.45, 7) is 4.41. The first-order valence-corrected chi connectivity index (χ1v) is 11.3. The highest BCUT2D eigenvalue weighted by Crippen LogP contribution is 2.30. The van der Waals surface area contributed by atoms with Crippen molar-refractivity contribution in [3.63, 3.8) is 0 Å². The minimum absolute atomic E-state index is 0.292. The number of hydrazone groups is 1. The Bertz CT molecular complexity index is 1170. The molecule has 8 heteroatoms. The average molecular weight is 463 g/mol. The van der Waals surface area contributed by atoms with E-state index >= 15 is 0 Å². The smallest absolute Gasteiger partial charge is 0.291 e. The zero-order valence-corrected chi connectivity index (χ0v) is 19.4. The van der Waals surface area contributed by atoms with E-state index in [0.717, 1.165) is 53.3 Å². The highest BCUT2D eigenvalue weighted by molar-refractivity contribution is 7.80. The van der Waals surface area contributed by atoms with Crippen LogP contribution in [-0.4, -0.2) is 23.3 Å². The van der Waals surface area contributed by atoms with Crippen molar-refractivity contribution in [2.75, 3.05) is 17.2 Å². The lowest BCUT2D eigenvalue weighted by atomic mass is 9.93. The Morgan fingerprint density at radius 1 is 1.06 bits per heavy atom. The molecule has 0 radical (unpaired) electrons. The van der Waals surface area contributed by atoms with Crippen LogP contribution < -0.4 is 20.8 Å². The van der Waals surface area contributed by atoms with Crippen molar-refractivity contribution in [3.8, 4) is 5.75 Å². The Balaban J connectivity index is 1.48. The molecule has 1 aliphatic rings. The van der Waals surface area contributed by atoms with E-state index < -0.39 is 0 Å². The van der Waals surface area contributed by atoms with Crippen LogP contribution in [0.15, 0.2) is 64.1 Å². The zero-order chi connectivity index (χ0) is 23.2. The maximum absolute atomic E-state index is 12.9. The van der Waals surface area contributed by atoms with E-state index in [-0.39, 0.29) is 5.91 Å². The summed E-state index contributed by atoms with van der Waals surface area (Å²) < 4.78 is 11.4. The molecule has 7 nitrogen and oxygen atoms in total. The maximum atomic E-state index is 12.9. The summed E-state index contributed by atoms with van der Waals surface area (Å²) in [5.41, 5.74) is 6.96. The molecule has 170 valence electrons. The Kier molecular flexibility index (Phi) is 7.04. The number of hydrogen-bond acceptors (Lipinski definition) is 5. The predicted octanol–water partition coefficient (Wildman–Crippen LogP) is 5.27. The van der Waals surface area contributed by atoms with Gasteiger partial charge in [0, 0.05) is 28.9 Å². The van der Waals surface area contributed by atoms with Gasteiger partial charge >= 0.3 is 0 Å². The summed E-state index contributed by atoms with van der Waals surface area (Å²) in [6, 6.07) is 16.9. The van der Waals surface area contributed by atoms with E-state index in [1.54, 1.807) is 12.1 Å². The van der Waals surface area contributed by atoms with Gasteiger partial charge < -0.3 is 19.8 Å². The van der Waals surface area contributed by atoms with Gasteiger partial charge in [-0.15, -0.1) is 0 Å². The molecule has 0 unspecified atom stereocenters. The molecule has 0 bridgehead atoms. The fourth-order valence-electron chi connectivity index (χ4n) is 3.78. The van der Waals surface area contributed by atoms with Crippen molar-refractivity contribution >= 4 is 40.3 Å². The van der Waals surface area contributed by atoms with Gasteiger partial charge in [0.1, 0.15) is 11.5 Å². The lowest BCUT2D eigenvalue weighted by Gasteiger charge is -2.14. The van der Waals surface area contributed by atoms with Gasteiger partial charge in [0.05, 0.1) is 12.3 Å². The SMILES string of the molecule is CCOc1ccc(NC(=O)c2oc3c(c2C)/C(=N/NC(=S)Nc2ccccc2)CCC3)cc1. The standard InChI is InChI=1S/C25H26N4O3S/c1-3-31-19-14-12-18(13-15-19)26-24(30)23-16(2)22-20(10-7-11-21(22)32-23)28-29-25(33)27-17-8-5-4-6-9-17/h4-6,8-9,12-15H,3,7,10-11H2,1-2H3,(H,26,30)(H2,27,29,33)/b28-20+. The molecule has 2 aromatic carbocycles. The van der Waals surface area contributed by atoms with Crippen molar-refractivity contribution in [1.82, 2.24) is 5.43 Å². The number of thiocarbonyl (C=S) groups is 1. The monoisotopic (exact) mass is 462 g/mol. The van der Waals surface area contributed by atoms with Crippen molar-refractivity contribution in [2.24, 2.45) is 5.10 Å². The fourth-order valence-corrected chi connectivity index (χ4v) is 3.95. The molecule has 33 heavy (non-hydrogen) atoms. The van der Waals surface area contributed by atoms with Gasteiger partial charge in [-0.3, -0.25) is 10.2 Å². The predicted molar refractivity (Wildman–Crippen MR) is 134 cm³/mol. The molecule has 1 aliphatic carbocycles. The summed E-state index contributed by atoms with van der Waals surface area (Å²) in [5.74, 6) is 1.54. The van der Waals surface area contributed by atoms with E-state index in [1.807, 2.05) is 56.3 Å². The molecule has 0 atom stereocenters. The number of aryl methyl sites for hydroxylation is 1. The molecule has 3 N–H and O–H groups in total. The molecular formula is C25H26N4O3S. The highest BCUT2D eigenvalue weighted by Gasteiger charge is 2.28. The molecule has 0 fully saturated rings. The number of nitrogens with one attached hydrogen (secondary N) is 3. The number of fused-ring (bicyclic) bond motifs is 1. The average Bonchev–Trinajstić information content (AvgIpc) is 3.17. The molecule has 3 aromatic rings. The van der Waals surface area contributed by atoms with Crippen LogP contribution in [-0.2, 0) is 6.42 Å². The third-order valence-corrected chi connectivity index (χ3v) is 5.47. The van der Waals surface area contributed by atoms with Crippen molar-refractivity contribution in [2.45, 2.75) is 33.1 Å². The van der Waals surface area contributed by atoms with Gasteiger partial charge in [0.25, 0.3) is 5.91 Å². The van der Waals surface area contributed by atoms with Gasteiger partial charge in [-0.1, -0.05) is 18.2 Å². The van der Waals surface area contributed by atoms with E-state index in [1.165, 1.54) is 0 Å². The second-order valence-corrected chi connectivity index (χ2v) is 8.02. The van der Waals surface area contributed by atoms with Crippen molar-refractivity contribution in [1.29, 1.82) is 0 Å². The highest BCUT2D eigenvalue weighted by atomic mass is 32.1. The van der Waals surface area contributed by atoms with Crippen LogP contribution in [0.25, 0.3) is 0 Å². The second kappa shape index (κ2) is 10.3. The van der Waals surface area contributed by atoms with Crippen molar-refractivity contribution in [3.05, 3.63) is 77.2 Å². The first-order valence-electron chi connectivity index (χ1n) is 10.9. The third-order valence-electron chi connectivity index (χ3n) is 5.28. The topological polar surface area (TPSA) is 87.9 Å². The lowest BCUT2D eigenvalue weighted by Crippen LogP contribution is -2.26. The number of nitrogens with zero attached hydrogens (tertiary/aromatic N) is 1. The summed E-state index contributed by atoms with van der Waals surface area (Å²) in [6.07, 6.45) is 2.42. The van der Waals surface area contributed by atoms with E-state index in [4.69, 9.17) is 21.4 Å². The largest absolute Gasteiger partial charge is 0.494 e. The number of furan rings is 1. The molecule has 1 amide bonds. The number of rotatable bonds is 6. The zero-order valence-electron chi connectivity index (χ0n) is 18.6. The normalized spacial score (nSPS) is 13.8. The quantitative estimate of drug-likeness (QED) is 0.342. The van der Waals surface area contributed by atoms with Gasteiger partial charge in [-0.05, 0) is 75.3 Å². The van der Waals surface area contributed by atoms with E-state index in [9.17, 15) is 4.79 Å². The van der Waals surface area contributed by atoms with Crippen LogP contribution in [0.2, 0.25) is 0 Å². The Hall–Kier alpha value is -3.65. The molecule has 0 saturated heterocycles. The molecule has 0 spiro atoms. The Morgan fingerprint density at radius 3 is 2.52 bits per heavy atom. The van der Waals surface area contributed by atoms with Crippen LogP contribution >= 0.6 is 12.2 Å². The number of ether oxygens (including phenoxy) is 1. The van der Waals surface area contributed by atoms with Gasteiger partial charge in [-0.2, -0.15) is 5.10 Å². The third kappa shape index (κ3) is 5.40. The first kappa shape index (κ1) is 22.5. The number of hydrogen-bond donors (Lipinski definition) is 3. The van der Waals surface area contributed by atoms with Crippen LogP contribution in [0.4, 0.5) is 11.4 Å². The second-order valence-electron chi connectivity index (χ2n) is 7.61. The van der Waals surface area contributed by atoms with E-state index in [0.29, 0.717) is 23.2 Å². The number of anilines is 2. The van der Waals surface area contributed by atoms with Gasteiger partial charge in [0.2, 0.25) is 0 Å². The molecule has 4 rings (SSSR count). The summed E-state index contributed by atoms with van der Waals surface area (Å²) in [7, 11) is 0. The number of carbonyl (C=O) groups excluding carboxylic acids is 1. The maximum Gasteiger partial charge on any atom is 0.291 e. The van der Waals surface area contributed by atoms with Crippen LogP contribution in [0, 0.1) is 6.92 Å². The molecule has 1 aromatic heterocycles. The number of para-hydroxylation sites is 1. The first-order chi connectivity index (χ1) is 16.0. The molecular weight excluding hydrogens is 436 g/mol. The number of carbonyl (C=O) groups is 1.